The summed E-state index contributed by atoms with van der Waals surface area (Å²) in [6.07, 6.45) is 0.354. The van der Waals surface area contributed by atoms with Gasteiger partial charge in [0.25, 0.3) is 0 Å². The van der Waals surface area contributed by atoms with Gasteiger partial charge in [0, 0.05) is 25.4 Å². The first-order valence-corrected chi connectivity index (χ1v) is 8.66. The zero-order valence-electron chi connectivity index (χ0n) is 14.3. The summed E-state index contributed by atoms with van der Waals surface area (Å²) in [5, 5.41) is 9.28. The highest BCUT2D eigenvalue weighted by atomic mass is 16.4. The minimum absolute atomic E-state index is 0.00616. The molecule has 1 aliphatic heterocycles. The molecule has 1 amide bonds. The first-order chi connectivity index (χ1) is 12.1. The SMILES string of the molecule is C[C@@H]1CN(C(=O)CC(c2ccccc2)c2ccccc2)C[C@H]1C(=O)O. The topological polar surface area (TPSA) is 57.6 Å². The minimum atomic E-state index is -0.814. The molecule has 3 rings (SSSR count). The number of carbonyl (C=O) groups is 2. The van der Waals surface area contributed by atoms with Crippen molar-refractivity contribution in [2.75, 3.05) is 13.1 Å². The summed E-state index contributed by atoms with van der Waals surface area (Å²) in [6, 6.07) is 20.0. The molecule has 4 nitrogen and oxygen atoms in total. The van der Waals surface area contributed by atoms with Crippen molar-refractivity contribution >= 4 is 11.9 Å². The third-order valence-corrected chi connectivity index (χ3v) is 5.06. The maximum absolute atomic E-state index is 12.8. The Kier molecular flexibility index (Phi) is 5.17. The smallest absolute Gasteiger partial charge is 0.308 e. The molecule has 0 spiro atoms. The number of benzene rings is 2. The second-order valence-electron chi connectivity index (χ2n) is 6.80. The van der Waals surface area contributed by atoms with E-state index in [1.165, 1.54) is 0 Å². The largest absolute Gasteiger partial charge is 0.481 e. The Bertz CT molecular complexity index is 690. The molecule has 4 heteroatoms. The second kappa shape index (κ2) is 7.51. The van der Waals surface area contributed by atoms with Crippen LogP contribution < -0.4 is 0 Å². The number of carboxylic acid groups (broad SMARTS) is 1. The van der Waals surface area contributed by atoms with Crippen LogP contribution in [0.2, 0.25) is 0 Å². The zero-order valence-corrected chi connectivity index (χ0v) is 14.3. The first kappa shape index (κ1) is 17.2. The van der Waals surface area contributed by atoms with E-state index < -0.39 is 11.9 Å². The zero-order chi connectivity index (χ0) is 17.8. The van der Waals surface area contributed by atoms with Crippen molar-refractivity contribution in [3.63, 3.8) is 0 Å². The van der Waals surface area contributed by atoms with Crippen LogP contribution in [0, 0.1) is 11.8 Å². The highest BCUT2D eigenvalue weighted by molar-refractivity contribution is 5.80. The molecule has 1 heterocycles. The van der Waals surface area contributed by atoms with E-state index in [2.05, 4.69) is 0 Å². The van der Waals surface area contributed by atoms with Crippen molar-refractivity contribution in [3.05, 3.63) is 71.8 Å². The van der Waals surface area contributed by atoms with Crippen LogP contribution in [0.3, 0.4) is 0 Å². The van der Waals surface area contributed by atoms with Gasteiger partial charge in [-0.15, -0.1) is 0 Å². The van der Waals surface area contributed by atoms with E-state index >= 15 is 0 Å². The summed E-state index contributed by atoms with van der Waals surface area (Å²) in [6.45, 7) is 2.73. The predicted molar refractivity (Wildman–Crippen MR) is 96.2 cm³/mol. The number of nitrogens with zero attached hydrogens (tertiary/aromatic N) is 1. The van der Waals surface area contributed by atoms with E-state index in [4.69, 9.17) is 0 Å². The first-order valence-electron chi connectivity index (χ1n) is 8.66. The van der Waals surface area contributed by atoms with Crippen molar-refractivity contribution in [1.29, 1.82) is 0 Å². The lowest BCUT2D eigenvalue weighted by Crippen LogP contribution is -2.31. The summed E-state index contributed by atoms with van der Waals surface area (Å²) in [5.74, 6) is -1.28. The van der Waals surface area contributed by atoms with Gasteiger partial charge in [-0.1, -0.05) is 67.6 Å². The summed E-state index contributed by atoms with van der Waals surface area (Å²) in [5.41, 5.74) is 2.20. The van der Waals surface area contributed by atoms with E-state index in [-0.39, 0.29) is 17.7 Å². The Labute approximate surface area is 148 Å². The summed E-state index contributed by atoms with van der Waals surface area (Å²) in [7, 11) is 0. The fourth-order valence-electron chi connectivity index (χ4n) is 3.59. The van der Waals surface area contributed by atoms with Crippen LogP contribution >= 0.6 is 0 Å². The third-order valence-electron chi connectivity index (χ3n) is 5.06. The Morgan fingerprint density at radius 3 is 1.96 bits per heavy atom. The quantitative estimate of drug-likeness (QED) is 0.910. The molecular formula is C21H23NO3. The van der Waals surface area contributed by atoms with Gasteiger partial charge in [-0.3, -0.25) is 9.59 Å². The van der Waals surface area contributed by atoms with Crippen LogP contribution in [-0.2, 0) is 9.59 Å². The fraction of sp³-hybridized carbons (Fsp3) is 0.333. The number of hydrogen-bond donors (Lipinski definition) is 1. The molecule has 1 aliphatic rings. The van der Waals surface area contributed by atoms with Crippen molar-refractivity contribution in [3.8, 4) is 0 Å². The molecule has 2 aromatic carbocycles. The van der Waals surface area contributed by atoms with Gasteiger partial charge in [-0.2, -0.15) is 0 Å². The Balaban J connectivity index is 1.79. The van der Waals surface area contributed by atoms with Crippen LogP contribution in [0.25, 0.3) is 0 Å². The maximum atomic E-state index is 12.8. The Morgan fingerprint density at radius 2 is 1.52 bits per heavy atom. The number of carboxylic acids is 1. The standard InChI is InChI=1S/C21H23NO3/c1-15-13-22(14-19(15)21(24)25)20(23)12-18(16-8-4-2-5-9-16)17-10-6-3-7-11-17/h2-11,15,18-19H,12-14H2,1H3,(H,24,25)/t15-,19-/m1/s1. The van der Waals surface area contributed by atoms with Gasteiger partial charge in [0.15, 0.2) is 0 Å². The third kappa shape index (κ3) is 3.90. The number of amides is 1. The monoisotopic (exact) mass is 337 g/mol. The van der Waals surface area contributed by atoms with Crippen LogP contribution in [0.1, 0.15) is 30.4 Å². The number of likely N-dealkylation sites (tertiary alicyclic amines) is 1. The Hall–Kier alpha value is -2.62. The molecule has 0 aliphatic carbocycles. The number of aliphatic carboxylic acids is 1. The Morgan fingerprint density at radius 1 is 1.00 bits per heavy atom. The van der Waals surface area contributed by atoms with Gasteiger partial charge in [0.1, 0.15) is 0 Å². The highest BCUT2D eigenvalue weighted by Gasteiger charge is 2.37. The van der Waals surface area contributed by atoms with E-state index in [0.29, 0.717) is 19.5 Å². The molecule has 0 aromatic heterocycles. The lowest BCUT2D eigenvalue weighted by molar-refractivity contribution is -0.142. The van der Waals surface area contributed by atoms with Crippen LogP contribution in [0.4, 0.5) is 0 Å². The molecule has 2 aromatic rings. The summed E-state index contributed by atoms with van der Waals surface area (Å²) < 4.78 is 0. The van der Waals surface area contributed by atoms with Crippen molar-refractivity contribution in [1.82, 2.24) is 4.90 Å². The van der Waals surface area contributed by atoms with Gasteiger partial charge in [0.2, 0.25) is 5.91 Å². The van der Waals surface area contributed by atoms with Crippen molar-refractivity contribution in [2.45, 2.75) is 19.3 Å². The summed E-state index contributed by atoms with van der Waals surface area (Å²) in [4.78, 5) is 25.9. The van der Waals surface area contributed by atoms with Crippen LogP contribution in [0.5, 0.6) is 0 Å². The molecule has 0 unspecified atom stereocenters. The molecule has 2 atom stereocenters. The average Bonchev–Trinajstić information content (AvgIpc) is 3.03. The fourth-order valence-corrected chi connectivity index (χ4v) is 3.59. The van der Waals surface area contributed by atoms with E-state index in [1.54, 1.807) is 4.90 Å². The normalized spacial score (nSPS) is 20.0. The number of rotatable bonds is 5. The van der Waals surface area contributed by atoms with E-state index in [0.717, 1.165) is 11.1 Å². The number of hydrogen-bond acceptors (Lipinski definition) is 2. The lowest BCUT2D eigenvalue weighted by atomic mass is 9.88. The summed E-state index contributed by atoms with van der Waals surface area (Å²) >= 11 is 0. The molecule has 1 fully saturated rings. The van der Waals surface area contributed by atoms with Gasteiger partial charge in [-0.25, -0.2) is 0 Å². The second-order valence-corrected chi connectivity index (χ2v) is 6.80. The van der Waals surface area contributed by atoms with Crippen molar-refractivity contribution < 1.29 is 14.7 Å². The average molecular weight is 337 g/mol. The molecule has 25 heavy (non-hydrogen) atoms. The predicted octanol–water partition coefficient (Wildman–Crippen LogP) is 3.39. The van der Waals surface area contributed by atoms with Crippen molar-refractivity contribution in [2.24, 2.45) is 11.8 Å². The molecular weight excluding hydrogens is 314 g/mol. The molecule has 0 radical (unpaired) electrons. The van der Waals surface area contributed by atoms with Gasteiger partial charge < -0.3 is 10.0 Å². The van der Waals surface area contributed by atoms with Crippen LogP contribution in [0.15, 0.2) is 60.7 Å². The molecule has 130 valence electrons. The van der Waals surface area contributed by atoms with Gasteiger partial charge in [0.05, 0.1) is 5.92 Å². The van der Waals surface area contributed by atoms with Gasteiger partial charge >= 0.3 is 5.97 Å². The van der Waals surface area contributed by atoms with E-state index in [9.17, 15) is 14.7 Å². The molecule has 0 bridgehead atoms. The molecule has 1 saturated heterocycles. The maximum Gasteiger partial charge on any atom is 0.308 e. The van der Waals surface area contributed by atoms with E-state index in [1.807, 2.05) is 67.6 Å². The number of carbonyl (C=O) groups excluding carboxylic acids is 1. The van der Waals surface area contributed by atoms with Crippen LogP contribution in [-0.4, -0.2) is 35.0 Å². The highest BCUT2D eigenvalue weighted by Crippen LogP contribution is 2.31. The lowest BCUT2D eigenvalue weighted by Gasteiger charge is -2.22. The minimum Gasteiger partial charge on any atom is -0.481 e. The molecule has 1 N–H and O–H groups in total. The van der Waals surface area contributed by atoms with Gasteiger partial charge in [-0.05, 0) is 17.0 Å². The molecule has 0 saturated carbocycles.